The van der Waals surface area contributed by atoms with Crippen LogP contribution in [0.3, 0.4) is 0 Å². The molecule has 0 amide bonds. The normalized spacial score (nSPS) is 9.57. The number of rotatable bonds is 4. The maximum atomic E-state index is 10.9. The van der Waals surface area contributed by atoms with Crippen LogP contribution in [-0.2, 0) is 19.1 Å². The van der Waals surface area contributed by atoms with Crippen LogP contribution in [0.15, 0.2) is 0 Å². The minimum Gasteiger partial charge on any atom is -1.00 e. The molecule has 0 atom stereocenters. The molecule has 0 spiro atoms. The number of esters is 2. The molecule has 0 aliphatic heterocycles. The van der Waals surface area contributed by atoms with Gasteiger partial charge in [0.2, 0.25) is 0 Å². The Hall–Kier alpha value is -0.294. The minimum atomic E-state index is -0.541. The van der Waals surface area contributed by atoms with Crippen LogP contribution in [0, 0.1) is 0 Å². The van der Waals surface area contributed by atoms with Crippen molar-refractivity contribution < 1.29 is 21.9 Å². The SMILES string of the molecule is CC(C)OC(=O)CC(=O)OC(C)C.[H-].[H-].[Mg+2]. The predicted molar refractivity (Wildman–Crippen MR) is 55.1 cm³/mol. The van der Waals surface area contributed by atoms with Crippen molar-refractivity contribution in [3.05, 3.63) is 0 Å². The molecule has 80 valence electrons. The van der Waals surface area contributed by atoms with Gasteiger partial charge in [0.15, 0.2) is 0 Å². The van der Waals surface area contributed by atoms with Crippen LogP contribution in [0.5, 0.6) is 0 Å². The second-order valence-corrected chi connectivity index (χ2v) is 3.25. The second-order valence-electron chi connectivity index (χ2n) is 3.25. The Morgan fingerprint density at radius 2 is 1.29 bits per heavy atom. The molecule has 0 aromatic heterocycles. The van der Waals surface area contributed by atoms with Crippen molar-refractivity contribution in [1.82, 2.24) is 0 Å². The fourth-order valence-corrected chi connectivity index (χ4v) is 0.727. The van der Waals surface area contributed by atoms with E-state index >= 15 is 0 Å². The molecule has 0 bridgehead atoms. The molecule has 14 heavy (non-hydrogen) atoms. The first-order chi connectivity index (χ1) is 5.91. The minimum absolute atomic E-state index is 0. The monoisotopic (exact) mass is 214 g/mol. The van der Waals surface area contributed by atoms with Gasteiger partial charge in [0.1, 0.15) is 6.42 Å². The van der Waals surface area contributed by atoms with Crippen LogP contribution < -0.4 is 0 Å². The first-order valence-corrected chi connectivity index (χ1v) is 4.30. The van der Waals surface area contributed by atoms with E-state index in [0.29, 0.717) is 0 Å². The van der Waals surface area contributed by atoms with Gasteiger partial charge in [0, 0.05) is 0 Å². The van der Waals surface area contributed by atoms with E-state index in [-0.39, 0.29) is 44.5 Å². The van der Waals surface area contributed by atoms with Gasteiger partial charge < -0.3 is 12.3 Å². The maximum absolute atomic E-state index is 10.9. The van der Waals surface area contributed by atoms with Crippen molar-refractivity contribution in [3.63, 3.8) is 0 Å². The van der Waals surface area contributed by atoms with Gasteiger partial charge in [-0.2, -0.15) is 0 Å². The first kappa shape index (κ1) is 16.1. The van der Waals surface area contributed by atoms with Gasteiger partial charge in [-0.1, -0.05) is 0 Å². The van der Waals surface area contributed by atoms with Crippen LogP contribution in [0.2, 0.25) is 0 Å². The van der Waals surface area contributed by atoms with Gasteiger partial charge in [-0.15, -0.1) is 0 Å². The molecular formula is C9H18MgO4. The summed E-state index contributed by atoms with van der Waals surface area (Å²) in [4.78, 5) is 21.8. The zero-order chi connectivity index (χ0) is 10.4. The largest absolute Gasteiger partial charge is 2.00 e. The standard InChI is InChI=1S/C9H16O4.Mg.2H/c1-6(2)12-8(10)5-9(11)13-7(3)4;;;/h6-7H,5H2,1-4H3;;;/q;+2;2*-1. The number of carbonyl (C=O) groups excluding carboxylic acids is 2. The summed E-state index contributed by atoms with van der Waals surface area (Å²) in [6.07, 6.45) is -0.699. The molecule has 4 nitrogen and oxygen atoms in total. The van der Waals surface area contributed by atoms with E-state index < -0.39 is 11.9 Å². The van der Waals surface area contributed by atoms with E-state index in [4.69, 9.17) is 9.47 Å². The average Bonchev–Trinajstić information content (AvgIpc) is 1.80. The summed E-state index contributed by atoms with van der Waals surface area (Å²) in [6.45, 7) is 6.91. The van der Waals surface area contributed by atoms with Crippen molar-refractivity contribution in [3.8, 4) is 0 Å². The van der Waals surface area contributed by atoms with E-state index in [1.807, 2.05) is 0 Å². The van der Waals surface area contributed by atoms with E-state index in [1.165, 1.54) is 0 Å². The van der Waals surface area contributed by atoms with Crippen LogP contribution in [0.25, 0.3) is 0 Å². The molecular weight excluding hydrogens is 196 g/mol. The third-order valence-corrected chi connectivity index (χ3v) is 1.02. The van der Waals surface area contributed by atoms with Gasteiger partial charge in [-0.25, -0.2) is 0 Å². The van der Waals surface area contributed by atoms with Gasteiger partial charge in [0.25, 0.3) is 0 Å². The van der Waals surface area contributed by atoms with Crippen LogP contribution in [0.4, 0.5) is 0 Å². The molecule has 0 heterocycles. The molecule has 0 unspecified atom stereocenters. The van der Waals surface area contributed by atoms with Gasteiger partial charge in [-0.3, -0.25) is 9.59 Å². The molecule has 0 saturated heterocycles. The van der Waals surface area contributed by atoms with Crippen molar-refractivity contribution in [2.75, 3.05) is 0 Å². The molecule has 0 N–H and O–H groups in total. The summed E-state index contributed by atoms with van der Waals surface area (Å²) in [5.41, 5.74) is 0. The Labute approximate surface area is 103 Å². The molecule has 0 aromatic rings. The summed E-state index contributed by atoms with van der Waals surface area (Å²) in [5.74, 6) is -1.08. The molecule has 0 saturated carbocycles. The predicted octanol–water partition coefficient (Wildman–Crippen LogP) is 1.12. The number of carbonyl (C=O) groups is 2. The third-order valence-electron chi connectivity index (χ3n) is 1.02. The molecule has 0 rings (SSSR count). The second kappa shape index (κ2) is 8.05. The van der Waals surface area contributed by atoms with Crippen LogP contribution in [0.1, 0.15) is 37.0 Å². The Balaban J connectivity index is -0.000000240. The van der Waals surface area contributed by atoms with Crippen molar-refractivity contribution in [2.24, 2.45) is 0 Å². The molecule has 0 radical (unpaired) electrons. The Kier molecular flexibility index (Phi) is 9.29. The Bertz CT molecular complexity index is 178. The van der Waals surface area contributed by atoms with Gasteiger partial charge in [-0.05, 0) is 27.7 Å². The van der Waals surface area contributed by atoms with Crippen molar-refractivity contribution in [1.29, 1.82) is 0 Å². The summed E-state index contributed by atoms with van der Waals surface area (Å²) in [5, 5.41) is 0. The van der Waals surface area contributed by atoms with Gasteiger partial charge >= 0.3 is 35.0 Å². The Morgan fingerprint density at radius 1 is 1.00 bits per heavy atom. The third kappa shape index (κ3) is 9.79. The van der Waals surface area contributed by atoms with E-state index in [2.05, 4.69) is 0 Å². The smallest absolute Gasteiger partial charge is 1.00 e. The summed E-state index contributed by atoms with van der Waals surface area (Å²) >= 11 is 0. The molecule has 0 aliphatic rings. The molecule has 5 heteroatoms. The Morgan fingerprint density at radius 3 is 1.50 bits per heavy atom. The summed E-state index contributed by atoms with van der Waals surface area (Å²) in [6, 6.07) is 0. The van der Waals surface area contributed by atoms with Gasteiger partial charge in [0.05, 0.1) is 12.2 Å². The molecule has 0 fully saturated rings. The van der Waals surface area contributed by atoms with E-state index in [9.17, 15) is 9.59 Å². The average molecular weight is 215 g/mol. The van der Waals surface area contributed by atoms with E-state index in [0.717, 1.165) is 0 Å². The zero-order valence-corrected chi connectivity index (χ0v) is 10.6. The maximum Gasteiger partial charge on any atom is 2.00 e. The van der Waals surface area contributed by atoms with E-state index in [1.54, 1.807) is 27.7 Å². The molecule has 0 aliphatic carbocycles. The fourth-order valence-electron chi connectivity index (χ4n) is 0.727. The van der Waals surface area contributed by atoms with Crippen molar-refractivity contribution >= 4 is 35.0 Å². The quantitative estimate of drug-likeness (QED) is 0.400. The number of ether oxygens (including phenoxy) is 2. The number of hydrogen-bond donors (Lipinski definition) is 0. The summed E-state index contributed by atoms with van der Waals surface area (Å²) < 4.78 is 9.53. The molecule has 0 aromatic carbocycles. The number of hydrogen-bond acceptors (Lipinski definition) is 4. The topological polar surface area (TPSA) is 52.6 Å². The van der Waals surface area contributed by atoms with Crippen molar-refractivity contribution in [2.45, 2.75) is 46.3 Å². The van der Waals surface area contributed by atoms with Crippen LogP contribution in [-0.4, -0.2) is 47.2 Å². The van der Waals surface area contributed by atoms with Crippen LogP contribution >= 0.6 is 0 Å². The first-order valence-electron chi connectivity index (χ1n) is 4.30. The zero-order valence-electron chi connectivity index (χ0n) is 11.2. The summed E-state index contributed by atoms with van der Waals surface area (Å²) in [7, 11) is 0. The fraction of sp³-hybridized carbons (Fsp3) is 0.778.